The molecule has 0 atom stereocenters. The molecule has 0 aliphatic rings. The molecule has 21 heavy (non-hydrogen) atoms. The number of rotatable bonds is 8. The van der Waals surface area contributed by atoms with E-state index in [0.29, 0.717) is 0 Å². The number of hydrogen-bond donors (Lipinski definition) is 1. The second-order valence-electron chi connectivity index (χ2n) is 5.15. The van der Waals surface area contributed by atoms with Crippen molar-refractivity contribution in [3.63, 3.8) is 0 Å². The number of nitrogens with zero attached hydrogens (tertiary/aromatic N) is 3. The minimum Gasteiger partial charge on any atom is -0.383 e. The van der Waals surface area contributed by atoms with Crippen molar-refractivity contribution < 1.29 is 4.74 Å². The monoisotopic (exact) mass is 288 g/mol. The fourth-order valence-electron chi connectivity index (χ4n) is 2.38. The van der Waals surface area contributed by atoms with E-state index in [2.05, 4.69) is 46.1 Å². The van der Waals surface area contributed by atoms with Gasteiger partial charge in [-0.15, -0.1) is 0 Å². The predicted molar refractivity (Wildman–Crippen MR) is 83.2 cm³/mol. The van der Waals surface area contributed by atoms with E-state index in [1.165, 1.54) is 16.8 Å². The van der Waals surface area contributed by atoms with Crippen molar-refractivity contribution in [2.24, 2.45) is 0 Å². The van der Waals surface area contributed by atoms with Crippen LogP contribution in [0, 0.1) is 13.8 Å². The molecule has 0 spiro atoms. The van der Waals surface area contributed by atoms with E-state index in [1.807, 2.05) is 12.4 Å². The molecule has 2 aromatic heterocycles. The Hall–Kier alpha value is -1.72. The Morgan fingerprint density at radius 2 is 2.00 bits per heavy atom. The second kappa shape index (κ2) is 7.90. The molecule has 0 aliphatic heterocycles. The fourth-order valence-corrected chi connectivity index (χ4v) is 2.38. The summed E-state index contributed by atoms with van der Waals surface area (Å²) in [5.74, 6) is 0. The lowest BCUT2D eigenvalue weighted by atomic mass is 10.2. The summed E-state index contributed by atoms with van der Waals surface area (Å²) >= 11 is 0. The third-order valence-corrected chi connectivity index (χ3v) is 3.68. The van der Waals surface area contributed by atoms with Gasteiger partial charge in [0, 0.05) is 50.4 Å². The minimum atomic E-state index is 0.730. The van der Waals surface area contributed by atoms with Crippen molar-refractivity contribution >= 4 is 0 Å². The molecule has 2 heterocycles. The average molecular weight is 288 g/mol. The molecule has 2 rings (SSSR count). The van der Waals surface area contributed by atoms with Crippen LogP contribution in [0.2, 0.25) is 0 Å². The summed E-state index contributed by atoms with van der Waals surface area (Å²) in [6, 6.07) is 4.11. The topological polar surface area (TPSA) is 52.0 Å². The van der Waals surface area contributed by atoms with Crippen molar-refractivity contribution in [2.75, 3.05) is 20.3 Å². The molecule has 5 nitrogen and oxygen atoms in total. The SMILES string of the molecule is COCCNCc1c(C)nn(CCc2ccncc2)c1C. The van der Waals surface area contributed by atoms with Crippen LogP contribution in [0.1, 0.15) is 22.5 Å². The maximum Gasteiger partial charge on any atom is 0.0641 e. The largest absolute Gasteiger partial charge is 0.383 e. The van der Waals surface area contributed by atoms with Crippen molar-refractivity contribution in [1.82, 2.24) is 20.1 Å². The van der Waals surface area contributed by atoms with Crippen molar-refractivity contribution in [3.05, 3.63) is 47.0 Å². The highest BCUT2D eigenvalue weighted by atomic mass is 16.5. The molecule has 0 radical (unpaired) electrons. The molecular weight excluding hydrogens is 264 g/mol. The van der Waals surface area contributed by atoms with Gasteiger partial charge in [0.1, 0.15) is 0 Å². The van der Waals surface area contributed by atoms with E-state index in [1.54, 1.807) is 7.11 Å². The van der Waals surface area contributed by atoms with Crippen LogP contribution in [0.5, 0.6) is 0 Å². The molecule has 0 amide bonds. The fraction of sp³-hybridized carbons (Fsp3) is 0.500. The maximum absolute atomic E-state index is 5.04. The minimum absolute atomic E-state index is 0.730. The zero-order valence-electron chi connectivity index (χ0n) is 13.1. The van der Waals surface area contributed by atoms with Gasteiger partial charge < -0.3 is 10.1 Å². The van der Waals surface area contributed by atoms with E-state index < -0.39 is 0 Å². The number of aryl methyl sites for hydroxylation is 3. The standard InChI is InChI=1S/C16H24N4O/c1-13-16(12-18-9-11-21-3)14(2)20(19-13)10-6-15-4-7-17-8-5-15/h4-5,7-8,18H,6,9-12H2,1-3H3. The Bertz CT molecular complexity index is 551. The van der Waals surface area contributed by atoms with Crippen molar-refractivity contribution in [1.29, 1.82) is 0 Å². The molecule has 1 N–H and O–H groups in total. The van der Waals surface area contributed by atoms with E-state index in [0.717, 1.165) is 38.4 Å². The number of aromatic nitrogens is 3. The number of hydrogen-bond acceptors (Lipinski definition) is 4. The van der Waals surface area contributed by atoms with E-state index in [-0.39, 0.29) is 0 Å². The van der Waals surface area contributed by atoms with Gasteiger partial charge in [-0.3, -0.25) is 9.67 Å². The van der Waals surface area contributed by atoms with Gasteiger partial charge in [0.25, 0.3) is 0 Å². The lowest BCUT2D eigenvalue weighted by Crippen LogP contribution is -2.19. The quantitative estimate of drug-likeness (QED) is 0.754. The number of pyridine rings is 1. The predicted octanol–water partition coefficient (Wildman–Crippen LogP) is 1.87. The lowest BCUT2D eigenvalue weighted by Gasteiger charge is -2.07. The molecule has 114 valence electrons. The highest BCUT2D eigenvalue weighted by Crippen LogP contribution is 2.13. The summed E-state index contributed by atoms with van der Waals surface area (Å²) in [6.45, 7) is 7.54. The third-order valence-electron chi connectivity index (χ3n) is 3.68. The smallest absolute Gasteiger partial charge is 0.0641 e. The van der Waals surface area contributed by atoms with Crippen molar-refractivity contribution in [2.45, 2.75) is 33.4 Å². The number of ether oxygens (including phenoxy) is 1. The Kier molecular flexibility index (Phi) is 5.90. The van der Waals surface area contributed by atoms with Gasteiger partial charge in [0.15, 0.2) is 0 Å². The average Bonchev–Trinajstić information content (AvgIpc) is 2.77. The third kappa shape index (κ3) is 4.37. The Balaban J connectivity index is 1.94. The summed E-state index contributed by atoms with van der Waals surface area (Å²) in [4.78, 5) is 4.04. The molecular formula is C16H24N4O. The molecule has 0 aromatic carbocycles. The van der Waals surface area contributed by atoms with Gasteiger partial charge in [0.2, 0.25) is 0 Å². The molecule has 0 bridgehead atoms. The zero-order chi connectivity index (χ0) is 15.1. The van der Waals surface area contributed by atoms with E-state index in [4.69, 9.17) is 4.74 Å². The highest BCUT2D eigenvalue weighted by molar-refractivity contribution is 5.24. The molecule has 0 saturated carbocycles. The molecule has 0 saturated heterocycles. The number of methoxy groups -OCH3 is 1. The van der Waals surface area contributed by atoms with Gasteiger partial charge in [-0.1, -0.05) is 0 Å². The van der Waals surface area contributed by atoms with Crippen molar-refractivity contribution in [3.8, 4) is 0 Å². The molecule has 0 fully saturated rings. The first-order chi connectivity index (χ1) is 10.2. The first-order valence-corrected chi connectivity index (χ1v) is 7.33. The van der Waals surface area contributed by atoms with Crippen LogP contribution in [0.15, 0.2) is 24.5 Å². The normalized spacial score (nSPS) is 11.0. The van der Waals surface area contributed by atoms with Crippen LogP contribution in [0.4, 0.5) is 0 Å². The second-order valence-corrected chi connectivity index (χ2v) is 5.15. The van der Waals surface area contributed by atoms with Gasteiger partial charge in [0.05, 0.1) is 12.3 Å². The van der Waals surface area contributed by atoms with Crippen LogP contribution < -0.4 is 5.32 Å². The van der Waals surface area contributed by atoms with E-state index in [9.17, 15) is 0 Å². The van der Waals surface area contributed by atoms with E-state index >= 15 is 0 Å². The van der Waals surface area contributed by atoms with Gasteiger partial charge in [-0.2, -0.15) is 5.10 Å². The highest BCUT2D eigenvalue weighted by Gasteiger charge is 2.10. The molecule has 0 unspecified atom stereocenters. The summed E-state index contributed by atoms with van der Waals surface area (Å²) in [5, 5.41) is 8.04. The lowest BCUT2D eigenvalue weighted by molar-refractivity contribution is 0.199. The van der Waals surface area contributed by atoms with Crippen LogP contribution >= 0.6 is 0 Å². The summed E-state index contributed by atoms with van der Waals surface area (Å²) in [6.07, 6.45) is 4.64. The summed E-state index contributed by atoms with van der Waals surface area (Å²) in [5.41, 5.74) is 4.93. The molecule has 5 heteroatoms. The Labute approximate surface area is 126 Å². The maximum atomic E-state index is 5.04. The van der Waals surface area contributed by atoms with Gasteiger partial charge in [-0.25, -0.2) is 0 Å². The summed E-state index contributed by atoms with van der Waals surface area (Å²) in [7, 11) is 1.72. The van der Waals surface area contributed by atoms with Crippen LogP contribution in [-0.4, -0.2) is 35.0 Å². The van der Waals surface area contributed by atoms with Crippen LogP contribution in [-0.2, 0) is 24.2 Å². The molecule has 0 aliphatic carbocycles. The Morgan fingerprint density at radius 3 is 2.71 bits per heavy atom. The summed E-state index contributed by atoms with van der Waals surface area (Å²) < 4.78 is 7.14. The van der Waals surface area contributed by atoms with Gasteiger partial charge >= 0.3 is 0 Å². The van der Waals surface area contributed by atoms with Crippen LogP contribution in [0.25, 0.3) is 0 Å². The zero-order valence-corrected chi connectivity index (χ0v) is 13.1. The van der Waals surface area contributed by atoms with Gasteiger partial charge in [-0.05, 0) is 38.0 Å². The Morgan fingerprint density at radius 1 is 1.24 bits per heavy atom. The first kappa shape index (κ1) is 15.7. The first-order valence-electron chi connectivity index (χ1n) is 7.33. The number of nitrogens with one attached hydrogen (secondary N) is 1. The van der Waals surface area contributed by atoms with Crippen LogP contribution in [0.3, 0.4) is 0 Å². The molecule has 2 aromatic rings.